The molecule has 0 saturated carbocycles. The Morgan fingerprint density at radius 3 is 2.20 bits per heavy atom. The monoisotopic (exact) mass is 437 g/mol. The van der Waals surface area contributed by atoms with Crippen LogP contribution in [0, 0.1) is 0 Å². The van der Waals surface area contributed by atoms with E-state index in [1.54, 1.807) is 0 Å². The number of carboxylic acids is 1. The fraction of sp³-hybridized carbons (Fsp3) is 0.600. The molecule has 1 N–H and O–H groups in total. The van der Waals surface area contributed by atoms with Gasteiger partial charge in [0.15, 0.2) is 14.6 Å². The lowest BCUT2D eigenvalue weighted by atomic mass is 9.78. The molecule has 0 aromatic heterocycles. The predicted octanol–water partition coefficient (Wildman–Crippen LogP) is 1.76. The van der Waals surface area contributed by atoms with Crippen LogP contribution in [0.3, 0.4) is 0 Å². The van der Waals surface area contributed by atoms with Crippen LogP contribution in [0.1, 0.15) is 53.0 Å². The number of sulfone groups is 1. The lowest BCUT2D eigenvalue weighted by Crippen LogP contribution is -2.45. The van der Waals surface area contributed by atoms with Gasteiger partial charge in [0.1, 0.15) is 6.10 Å². The first-order valence-electron chi connectivity index (χ1n) is 9.78. The Kier molecular flexibility index (Phi) is 5.58. The molecule has 8 nitrogen and oxygen atoms in total. The Balaban J connectivity index is 1.69. The van der Waals surface area contributed by atoms with Crippen LogP contribution in [0.2, 0.25) is 0 Å². The Bertz CT molecular complexity index is 955. The zero-order valence-electron chi connectivity index (χ0n) is 18.1. The number of carbonyl (C=O) groups is 1. The predicted molar refractivity (Wildman–Crippen MR) is 114 cm³/mol. The first kappa shape index (κ1) is 22.8. The molecule has 0 bridgehead atoms. The zero-order chi connectivity index (χ0) is 22.5. The summed E-state index contributed by atoms with van der Waals surface area (Å²) in [4.78, 5) is 16.9. The molecular weight excluding hydrogens is 409 g/mol. The number of aliphatic carboxylic acids is 1. The summed E-state index contributed by atoms with van der Waals surface area (Å²) in [6.45, 7) is 9.17. The van der Waals surface area contributed by atoms with E-state index in [-0.39, 0.29) is 6.42 Å². The summed E-state index contributed by atoms with van der Waals surface area (Å²) in [5, 5.41) is 13.5. The molecule has 10 heteroatoms. The third-order valence-electron chi connectivity index (χ3n) is 6.39. The van der Waals surface area contributed by atoms with E-state index in [0.29, 0.717) is 12.1 Å². The number of hydrogen-bond donors (Lipinski definition) is 1. The van der Waals surface area contributed by atoms with Crippen LogP contribution >= 0.6 is 0 Å². The summed E-state index contributed by atoms with van der Waals surface area (Å²) >= 11 is 0. The summed E-state index contributed by atoms with van der Waals surface area (Å²) in [6.07, 6.45) is 0.444. The minimum Gasteiger partial charge on any atom is -0.480 e. The van der Waals surface area contributed by atoms with Crippen LogP contribution < -0.4 is 5.46 Å². The number of oxime groups is 1. The highest BCUT2D eigenvalue weighted by Gasteiger charge is 2.51. The highest BCUT2D eigenvalue weighted by atomic mass is 32.2. The number of hydrogen-bond acceptors (Lipinski definition) is 7. The van der Waals surface area contributed by atoms with Crippen molar-refractivity contribution < 1.29 is 32.5 Å². The van der Waals surface area contributed by atoms with Gasteiger partial charge < -0.3 is 19.3 Å². The van der Waals surface area contributed by atoms with Crippen LogP contribution in [0.25, 0.3) is 0 Å². The molecule has 1 aromatic rings. The van der Waals surface area contributed by atoms with E-state index in [0.717, 1.165) is 17.3 Å². The van der Waals surface area contributed by atoms with Gasteiger partial charge in [-0.25, -0.2) is 8.42 Å². The fourth-order valence-electron chi connectivity index (χ4n) is 3.35. The molecule has 0 aliphatic carbocycles. The summed E-state index contributed by atoms with van der Waals surface area (Å²) in [6, 6.07) is 7.53. The molecular formula is C20H28BNO7S. The second kappa shape index (κ2) is 7.35. The van der Waals surface area contributed by atoms with Crippen molar-refractivity contribution in [1.82, 2.24) is 0 Å². The normalized spacial score (nSPS) is 24.8. The van der Waals surface area contributed by atoms with E-state index >= 15 is 0 Å². The summed E-state index contributed by atoms with van der Waals surface area (Å²) < 4.78 is 34.2. The largest absolute Gasteiger partial charge is 0.494 e. The van der Waals surface area contributed by atoms with Crippen molar-refractivity contribution in [2.45, 2.75) is 69.5 Å². The summed E-state index contributed by atoms with van der Waals surface area (Å²) in [5.41, 5.74) is 1.48. The lowest BCUT2D eigenvalue weighted by Gasteiger charge is -2.32. The summed E-state index contributed by atoms with van der Waals surface area (Å²) in [7, 11) is -4.29. The Morgan fingerprint density at radius 2 is 1.73 bits per heavy atom. The van der Waals surface area contributed by atoms with Gasteiger partial charge >= 0.3 is 13.1 Å². The van der Waals surface area contributed by atoms with Gasteiger partial charge in [-0.15, -0.1) is 0 Å². The van der Waals surface area contributed by atoms with Crippen molar-refractivity contribution in [1.29, 1.82) is 0 Å². The molecule has 1 fully saturated rings. The van der Waals surface area contributed by atoms with E-state index in [4.69, 9.17) is 14.1 Å². The smallest absolute Gasteiger partial charge is 0.480 e. The highest BCUT2D eigenvalue weighted by Crippen LogP contribution is 2.36. The average Bonchev–Trinajstić information content (AvgIpc) is 3.15. The first-order valence-corrected chi connectivity index (χ1v) is 11.7. The van der Waals surface area contributed by atoms with Crippen molar-refractivity contribution in [2.24, 2.45) is 5.16 Å². The second-order valence-corrected chi connectivity index (χ2v) is 11.6. The molecule has 0 amide bonds. The minimum absolute atomic E-state index is 0.180. The van der Waals surface area contributed by atoms with Gasteiger partial charge in [-0.3, -0.25) is 4.79 Å². The van der Waals surface area contributed by atoms with E-state index < -0.39 is 45.0 Å². The van der Waals surface area contributed by atoms with Gasteiger partial charge in [-0.1, -0.05) is 29.4 Å². The van der Waals surface area contributed by atoms with Crippen molar-refractivity contribution in [3.63, 3.8) is 0 Å². The van der Waals surface area contributed by atoms with Gasteiger partial charge in [0.05, 0.1) is 16.9 Å². The Labute approximate surface area is 177 Å². The quantitative estimate of drug-likeness (QED) is 0.675. The Hall–Kier alpha value is -1.91. The maximum absolute atomic E-state index is 12.0. The molecule has 1 aromatic carbocycles. The molecule has 2 unspecified atom stereocenters. The highest BCUT2D eigenvalue weighted by molar-refractivity contribution is 7.92. The maximum atomic E-state index is 12.0. The van der Waals surface area contributed by atoms with Crippen LogP contribution in [0.5, 0.6) is 0 Å². The van der Waals surface area contributed by atoms with Crippen LogP contribution in [0.4, 0.5) is 0 Å². The van der Waals surface area contributed by atoms with Crippen molar-refractivity contribution in [3.05, 3.63) is 29.8 Å². The third kappa shape index (κ3) is 4.00. The van der Waals surface area contributed by atoms with Gasteiger partial charge in [0, 0.05) is 19.1 Å². The number of rotatable bonds is 6. The zero-order valence-corrected chi connectivity index (χ0v) is 18.9. The van der Waals surface area contributed by atoms with Gasteiger partial charge in [-0.05, 0) is 45.6 Å². The molecule has 3 rings (SSSR count). The SMILES string of the molecule is CC1(C)OB(c2ccc(C3=NOC(CC(C)(C(=O)O)S(C)(=O)=O)C3)cc2)OC1(C)C. The van der Waals surface area contributed by atoms with Gasteiger partial charge in [-0.2, -0.15) is 0 Å². The molecule has 2 heterocycles. The van der Waals surface area contributed by atoms with Crippen LogP contribution in [-0.4, -0.2) is 60.6 Å². The fourth-order valence-corrected chi connectivity index (χ4v) is 4.16. The lowest BCUT2D eigenvalue weighted by molar-refractivity contribution is -0.140. The van der Waals surface area contributed by atoms with E-state index in [2.05, 4.69) is 5.16 Å². The van der Waals surface area contributed by atoms with Crippen molar-refractivity contribution in [3.8, 4) is 0 Å². The first-order chi connectivity index (χ1) is 13.7. The van der Waals surface area contributed by atoms with Gasteiger partial charge in [0.2, 0.25) is 0 Å². The average molecular weight is 437 g/mol. The number of nitrogens with zero attached hydrogens (tertiary/aromatic N) is 1. The second-order valence-electron chi connectivity index (χ2n) is 9.19. The molecule has 30 heavy (non-hydrogen) atoms. The molecule has 0 spiro atoms. The van der Waals surface area contributed by atoms with E-state index in [1.165, 1.54) is 6.92 Å². The Morgan fingerprint density at radius 1 is 1.20 bits per heavy atom. The topological polar surface area (TPSA) is 111 Å². The molecule has 2 aliphatic heterocycles. The molecule has 2 aliphatic rings. The van der Waals surface area contributed by atoms with E-state index in [9.17, 15) is 18.3 Å². The van der Waals surface area contributed by atoms with Crippen LogP contribution in [-0.2, 0) is 28.8 Å². The standard InChI is InChI=1S/C20H28BNO7S/c1-18(2)19(3,4)29-21(28-18)14-9-7-13(8-10-14)16-11-15(27-22-16)12-20(5,17(23)24)30(6,25)26/h7-10,15H,11-12H2,1-6H3,(H,23,24). The van der Waals surface area contributed by atoms with Crippen LogP contribution in [0.15, 0.2) is 29.4 Å². The molecule has 0 radical (unpaired) electrons. The number of benzene rings is 1. The molecule has 164 valence electrons. The van der Waals surface area contributed by atoms with Crippen molar-refractivity contribution >= 4 is 34.1 Å². The molecule has 1 saturated heterocycles. The minimum atomic E-state index is -3.83. The summed E-state index contributed by atoms with van der Waals surface area (Å²) in [5.74, 6) is -1.39. The maximum Gasteiger partial charge on any atom is 0.494 e. The van der Waals surface area contributed by atoms with Crippen molar-refractivity contribution in [2.75, 3.05) is 6.26 Å². The van der Waals surface area contributed by atoms with E-state index in [1.807, 2.05) is 52.0 Å². The number of carboxylic acid groups (broad SMARTS) is 1. The molecule has 2 atom stereocenters. The third-order valence-corrected chi connectivity index (χ3v) is 8.37. The van der Waals surface area contributed by atoms with Gasteiger partial charge in [0.25, 0.3) is 0 Å².